The molecule has 2 saturated heterocycles. The van der Waals surface area contributed by atoms with Crippen molar-refractivity contribution < 1.29 is 14.0 Å². The maximum atomic E-state index is 12.8. The van der Waals surface area contributed by atoms with Gasteiger partial charge >= 0.3 is 0 Å². The summed E-state index contributed by atoms with van der Waals surface area (Å²) < 4.78 is 5.43. The number of hydrogen-bond acceptors (Lipinski definition) is 3. The highest BCUT2D eigenvalue weighted by atomic mass is 16.3. The van der Waals surface area contributed by atoms with Gasteiger partial charge in [0.2, 0.25) is 11.8 Å². The molecule has 4 fully saturated rings. The molecule has 140 valence electrons. The van der Waals surface area contributed by atoms with Crippen LogP contribution in [0.1, 0.15) is 57.1 Å². The van der Waals surface area contributed by atoms with E-state index in [0.717, 1.165) is 51.1 Å². The third kappa shape index (κ3) is 2.67. The normalized spacial score (nSPS) is 29.1. The molecule has 26 heavy (non-hydrogen) atoms. The number of rotatable bonds is 3. The molecule has 2 aliphatic heterocycles. The van der Waals surface area contributed by atoms with Crippen molar-refractivity contribution in [3.05, 3.63) is 24.2 Å². The van der Waals surface area contributed by atoms with Gasteiger partial charge in [-0.15, -0.1) is 0 Å². The fraction of sp³-hybridized carbons (Fsp3) is 0.714. The van der Waals surface area contributed by atoms with E-state index >= 15 is 0 Å². The van der Waals surface area contributed by atoms with Crippen LogP contribution in [0.5, 0.6) is 0 Å². The van der Waals surface area contributed by atoms with Crippen molar-refractivity contribution in [2.45, 2.75) is 57.9 Å². The molecule has 0 radical (unpaired) electrons. The van der Waals surface area contributed by atoms with Crippen molar-refractivity contribution in [1.29, 1.82) is 0 Å². The standard InChI is InChI=1S/C21H28N2O3/c24-18-4-7-20(15-23(18)14-16-3-1-12-26-16)8-10-22(11-9-20)19(25)17-13-21(17)5-2-6-21/h1,3,12,17H,2,4-11,13-15H2. The first-order valence-electron chi connectivity index (χ1n) is 10.2. The Morgan fingerprint density at radius 1 is 1.19 bits per heavy atom. The Hall–Kier alpha value is -1.78. The predicted molar refractivity (Wildman–Crippen MR) is 96.0 cm³/mol. The third-order valence-electron chi connectivity index (χ3n) is 7.65. The lowest BCUT2D eigenvalue weighted by molar-refractivity contribution is -0.144. The topological polar surface area (TPSA) is 53.8 Å². The molecule has 5 nitrogen and oxygen atoms in total. The summed E-state index contributed by atoms with van der Waals surface area (Å²) >= 11 is 0. The van der Waals surface area contributed by atoms with Gasteiger partial charge in [-0.3, -0.25) is 9.59 Å². The predicted octanol–water partition coefficient (Wildman–Crippen LogP) is 3.20. The highest BCUT2D eigenvalue weighted by Crippen LogP contribution is 2.66. The summed E-state index contributed by atoms with van der Waals surface area (Å²) in [7, 11) is 0. The van der Waals surface area contributed by atoms with E-state index in [1.54, 1.807) is 6.26 Å². The van der Waals surface area contributed by atoms with Gasteiger partial charge in [-0.1, -0.05) is 6.42 Å². The summed E-state index contributed by atoms with van der Waals surface area (Å²) in [6.07, 6.45) is 10.3. The minimum atomic E-state index is 0.189. The molecule has 1 atom stereocenters. The van der Waals surface area contributed by atoms with Gasteiger partial charge in [-0.05, 0) is 61.5 Å². The Labute approximate surface area is 154 Å². The number of likely N-dealkylation sites (tertiary alicyclic amines) is 2. The Morgan fingerprint density at radius 2 is 2.00 bits per heavy atom. The van der Waals surface area contributed by atoms with Gasteiger partial charge in [-0.25, -0.2) is 0 Å². The number of nitrogens with zero attached hydrogens (tertiary/aromatic N) is 2. The molecule has 5 heteroatoms. The van der Waals surface area contributed by atoms with Crippen LogP contribution in [0.15, 0.2) is 22.8 Å². The van der Waals surface area contributed by atoms with Gasteiger partial charge in [0.15, 0.2) is 0 Å². The van der Waals surface area contributed by atoms with Crippen molar-refractivity contribution in [2.75, 3.05) is 19.6 Å². The van der Waals surface area contributed by atoms with E-state index in [1.165, 1.54) is 19.3 Å². The van der Waals surface area contributed by atoms with E-state index in [0.29, 0.717) is 30.2 Å². The van der Waals surface area contributed by atoms with Gasteiger partial charge in [0.25, 0.3) is 0 Å². The summed E-state index contributed by atoms with van der Waals surface area (Å²) in [5.41, 5.74) is 0.609. The van der Waals surface area contributed by atoms with Crippen LogP contribution >= 0.6 is 0 Å². The van der Waals surface area contributed by atoms with Crippen LogP contribution in [0, 0.1) is 16.7 Å². The van der Waals surface area contributed by atoms with Crippen LogP contribution in [-0.2, 0) is 16.1 Å². The van der Waals surface area contributed by atoms with Gasteiger partial charge in [0, 0.05) is 32.0 Å². The monoisotopic (exact) mass is 356 g/mol. The molecule has 0 N–H and O–H groups in total. The first kappa shape index (κ1) is 16.4. The maximum Gasteiger partial charge on any atom is 0.226 e. The van der Waals surface area contributed by atoms with E-state index < -0.39 is 0 Å². The van der Waals surface area contributed by atoms with E-state index in [1.807, 2.05) is 17.0 Å². The molecule has 1 unspecified atom stereocenters. The van der Waals surface area contributed by atoms with Crippen LogP contribution in [0.4, 0.5) is 0 Å². The highest BCUT2D eigenvalue weighted by Gasteiger charge is 2.61. The first-order valence-corrected chi connectivity index (χ1v) is 10.2. The molecular formula is C21H28N2O3. The van der Waals surface area contributed by atoms with Crippen LogP contribution in [0.25, 0.3) is 0 Å². The number of furan rings is 1. The fourth-order valence-electron chi connectivity index (χ4n) is 5.55. The van der Waals surface area contributed by atoms with E-state index in [-0.39, 0.29) is 11.3 Å². The lowest BCUT2D eigenvalue weighted by Crippen LogP contribution is -2.52. The third-order valence-corrected chi connectivity index (χ3v) is 7.65. The molecule has 4 aliphatic rings. The molecule has 5 rings (SSSR count). The second-order valence-electron chi connectivity index (χ2n) is 9.13. The van der Waals surface area contributed by atoms with E-state index in [4.69, 9.17) is 4.42 Å². The van der Waals surface area contributed by atoms with Crippen molar-refractivity contribution in [2.24, 2.45) is 16.7 Å². The molecule has 0 aromatic carbocycles. The average Bonchev–Trinajstić information content (AvgIpc) is 3.21. The largest absolute Gasteiger partial charge is 0.467 e. The number of amides is 2. The zero-order chi connectivity index (χ0) is 17.8. The average molecular weight is 356 g/mol. The van der Waals surface area contributed by atoms with Crippen molar-refractivity contribution >= 4 is 11.8 Å². The number of piperidine rings is 2. The molecule has 0 bridgehead atoms. The van der Waals surface area contributed by atoms with Crippen molar-refractivity contribution in [1.82, 2.24) is 9.80 Å². The zero-order valence-electron chi connectivity index (χ0n) is 15.4. The van der Waals surface area contributed by atoms with Crippen LogP contribution in [0.2, 0.25) is 0 Å². The molecule has 2 saturated carbocycles. The second kappa shape index (κ2) is 5.86. The van der Waals surface area contributed by atoms with Crippen molar-refractivity contribution in [3.8, 4) is 0 Å². The number of carbonyl (C=O) groups excluding carboxylic acids is 2. The van der Waals surface area contributed by atoms with E-state index in [2.05, 4.69) is 4.90 Å². The minimum Gasteiger partial charge on any atom is -0.467 e. The Kier molecular flexibility index (Phi) is 3.70. The summed E-state index contributed by atoms with van der Waals surface area (Å²) in [4.78, 5) is 29.2. The molecule has 2 amide bonds. The van der Waals surface area contributed by atoms with Crippen LogP contribution in [-0.4, -0.2) is 41.2 Å². The summed E-state index contributed by atoms with van der Waals surface area (Å²) in [6.45, 7) is 3.12. The van der Waals surface area contributed by atoms with Crippen LogP contribution in [0.3, 0.4) is 0 Å². The lowest BCUT2D eigenvalue weighted by atomic mass is 9.72. The van der Waals surface area contributed by atoms with Crippen molar-refractivity contribution in [3.63, 3.8) is 0 Å². The summed E-state index contributed by atoms with van der Waals surface area (Å²) in [6, 6.07) is 3.80. The Balaban J connectivity index is 1.20. The number of hydrogen-bond donors (Lipinski definition) is 0. The maximum absolute atomic E-state index is 12.8. The van der Waals surface area contributed by atoms with Gasteiger partial charge < -0.3 is 14.2 Å². The summed E-state index contributed by atoms with van der Waals surface area (Å²) in [5, 5.41) is 0. The lowest BCUT2D eigenvalue weighted by Gasteiger charge is -2.47. The highest BCUT2D eigenvalue weighted by molar-refractivity contribution is 5.83. The second-order valence-corrected chi connectivity index (χ2v) is 9.13. The molecular weight excluding hydrogens is 328 g/mol. The quantitative estimate of drug-likeness (QED) is 0.836. The summed E-state index contributed by atoms with van der Waals surface area (Å²) in [5.74, 6) is 1.82. The Morgan fingerprint density at radius 3 is 2.62 bits per heavy atom. The Bertz CT molecular complexity index is 699. The molecule has 1 aromatic rings. The SMILES string of the molecule is O=C1CCC2(CCN(C(=O)C3CC34CCC4)CC2)CN1Cc1ccco1. The smallest absolute Gasteiger partial charge is 0.226 e. The minimum absolute atomic E-state index is 0.189. The molecule has 2 aliphatic carbocycles. The molecule has 3 heterocycles. The van der Waals surface area contributed by atoms with E-state index in [9.17, 15) is 9.59 Å². The molecule has 1 aromatic heterocycles. The fourth-order valence-corrected chi connectivity index (χ4v) is 5.55. The number of carbonyl (C=O) groups is 2. The first-order chi connectivity index (χ1) is 12.6. The molecule has 2 spiro atoms. The van der Waals surface area contributed by atoms with Gasteiger partial charge in [0.05, 0.1) is 12.8 Å². The van der Waals surface area contributed by atoms with Gasteiger partial charge in [0.1, 0.15) is 5.76 Å². The van der Waals surface area contributed by atoms with Crippen LogP contribution < -0.4 is 0 Å². The zero-order valence-corrected chi connectivity index (χ0v) is 15.4. The van der Waals surface area contributed by atoms with Gasteiger partial charge in [-0.2, -0.15) is 0 Å².